The van der Waals surface area contributed by atoms with E-state index in [1.54, 1.807) is 30.3 Å². The number of nitrogens with zero attached hydrogens (tertiary/aromatic N) is 1. The topological polar surface area (TPSA) is 116 Å². The minimum absolute atomic E-state index is 0.0471. The number of benzene rings is 2. The third kappa shape index (κ3) is 4.17. The number of primary amides is 1. The molecule has 1 unspecified atom stereocenters. The first kappa shape index (κ1) is 20.2. The first-order valence-electron chi connectivity index (χ1n) is 8.98. The molecule has 8 nitrogen and oxygen atoms in total. The summed E-state index contributed by atoms with van der Waals surface area (Å²) >= 11 is 0. The normalized spacial score (nSPS) is 13.9. The molecule has 1 aliphatic rings. The monoisotopic (exact) mass is 396 g/mol. The van der Waals surface area contributed by atoms with Crippen LogP contribution in [0.5, 0.6) is 0 Å². The molecule has 2 aromatic carbocycles. The highest BCUT2D eigenvalue weighted by Crippen LogP contribution is 2.26. The second-order valence-corrected chi connectivity index (χ2v) is 6.47. The van der Waals surface area contributed by atoms with E-state index in [9.17, 15) is 19.2 Å². The summed E-state index contributed by atoms with van der Waals surface area (Å²) in [5, 5.41) is 0. The van der Waals surface area contributed by atoms with Crippen LogP contribution in [0.4, 0.5) is 0 Å². The van der Waals surface area contributed by atoms with Crippen molar-refractivity contribution < 1.29 is 28.7 Å². The second kappa shape index (κ2) is 8.66. The molecule has 1 atom stereocenters. The predicted molar refractivity (Wildman–Crippen MR) is 102 cm³/mol. The summed E-state index contributed by atoms with van der Waals surface area (Å²) in [6, 6.07) is 12.5. The summed E-state index contributed by atoms with van der Waals surface area (Å²) < 4.78 is 10.2. The molecule has 3 amide bonds. The maximum absolute atomic E-state index is 12.6. The summed E-state index contributed by atoms with van der Waals surface area (Å²) in [4.78, 5) is 50.4. The number of ether oxygens (including phenoxy) is 2. The molecule has 0 aromatic heterocycles. The predicted octanol–water partition coefficient (Wildman–Crippen LogP) is 1.70. The van der Waals surface area contributed by atoms with Crippen molar-refractivity contribution in [3.8, 4) is 0 Å². The lowest BCUT2D eigenvalue weighted by Crippen LogP contribution is -2.31. The van der Waals surface area contributed by atoms with Crippen molar-refractivity contribution in [1.29, 1.82) is 0 Å². The average molecular weight is 396 g/mol. The Morgan fingerprint density at radius 2 is 1.72 bits per heavy atom. The smallest absolute Gasteiger partial charge is 0.339 e. The first-order chi connectivity index (χ1) is 13.9. The largest absolute Gasteiger partial charge is 0.444 e. The fourth-order valence-electron chi connectivity index (χ4n) is 3.08. The molecule has 3 rings (SSSR count). The molecule has 0 saturated heterocycles. The van der Waals surface area contributed by atoms with Gasteiger partial charge < -0.3 is 15.2 Å². The molecular formula is C21H20N2O6. The van der Waals surface area contributed by atoms with Gasteiger partial charge in [-0.3, -0.25) is 19.3 Å². The number of rotatable bonds is 8. The van der Waals surface area contributed by atoms with Crippen LogP contribution in [0.15, 0.2) is 48.5 Å². The van der Waals surface area contributed by atoms with Gasteiger partial charge in [0, 0.05) is 25.8 Å². The molecule has 150 valence electrons. The molecule has 0 spiro atoms. The van der Waals surface area contributed by atoms with Crippen molar-refractivity contribution in [2.45, 2.75) is 12.5 Å². The number of methoxy groups -OCH3 is 1. The van der Waals surface area contributed by atoms with Gasteiger partial charge in [0.2, 0.25) is 6.10 Å². The van der Waals surface area contributed by atoms with Crippen molar-refractivity contribution in [2.24, 2.45) is 5.73 Å². The maximum Gasteiger partial charge on any atom is 0.339 e. The second-order valence-electron chi connectivity index (χ2n) is 6.47. The third-order valence-electron chi connectivity index (χ3n) is 4.52. The van der Waals surface area contributed by atoms with Crippen LogP contribution >= 0.6 is 0 Å². The Morgan fingerprint density at radius 3 is 2.38 bits per heavy atom. The zero-order chi connectivity index (χ0) is 21.0. The molecule has 8 heteroatoms. The minimum Gasteiger partial charge on any atom is -0.444 e. The van der Waals surface area contributed by atoms with Crippen LogP contribution < -0.4 is 5.73 Å². The SMILES string of the molecule is COCCCN1C(=O)c2ccc(C(=O)OC(C(N)=O)c3ccccc3)cc2C1=O. The summed E-state index contributed by atoms with van der Waals surface area (Å²) in [6.45, 7) is 0.636. The van der Waals surface area contributed by atoms with Crippen LogP contribution in [0, 0.1) is 0 Å². The standard InChI is InChI=1S/C21H20N2O6/c1-28-11-5-10-23-19(25)15-9-8-14(12-16(15)20(23)26)21(27)29-17(18(22)24)13-6-3-2-4-7-13/h2-4,6-9,12,17H,5,10-11H2,1H3,(H2,22,24). The molecule has 2 aromatic rings. The summed E-state index contributed by atoms with van der Waals surface area (Å²) in [5.41, 5.74) is 6.20. The van der Waals surface area contributed by atoms with Crippen LogP contribution in [0.2, 0.25) is 0 Å². The van der Waals surface area contributed by atoms with E-state index in [2.05, 4.69) is 0 Å². The van der Waals surface area contributed by atoms with E-state index in [0.29, 0.717) is 18.6 Å². The van der Waals surface area contributed by atoms with Crippen LogP contribution in [0.1, 0.15) is 49.2 Å². The van der Waals surface area contributed by atoms with Gasteiger partial charge in [0.15, 0.2) is 0 Å². The summed E-state index contributed by atoms with van der Waals surface area (Å²) in [5.74, 6) is -2.54. The van der Waals surface area contributed by atoms with Gasteiger partial charge in [-0.15, -0.1) is 0 Å². The van der Waals surface area contributed by atoms with Gasteiger partial charge in [-0.2, -0.15) is 0 Å². The number of hydrogen-bond donors (Lipinski definition) is 1. The summed E-state index contributed by atoms with van der Waals surface area (Å²) in [7, 11) is 1.54. The van der Waals surface area contributed by atoms with Crippen molar-refractivity contribution in [3.05, 3.63) is 70.8 Å². The van der Waals surface area contributed by atoms with E-state index in [1.807, 2.05) is 0 Å². The zero-order valence-electron chi connectivity index (χ0n) is 15.8. The Balaban J connectivity index is 1.80. The van der Waals surface area contributed by atoms with Crippen LogP contribution in [-0.2, 0) is 14.3 Å². The number of amides is 3. The van der Waals surface area contributed by atoms with E-state index in [0.717, 1.165) is 4.90 Å². The first-order valence-corrected chi connectivity index (χ1v) is 8.98. The highest BCUT2D eigenvalue weighted by atomic mass is 16.5. The van der Waals surface area contributed by atoms with E-state index >= 15 is 0 Å². The number of nitrogens with two attached hydrogens (primary N) is 1. The Bertz CT molecular complexity index is 957. The van der Waals surface area contributed by atoms with Gasteiger partial charge in [-0.1, -0.05) is 30.3 Å². The zero-order valence-corrected chi connectivity index (χ0v) is 15.8. The molecule has 0 saturated carbocycles. The molecule has 0 aliphatic carbocycles. The van der Waals surface area contributed by atoms with Crippen LogP contribution in [0.25, 0.3) is 0 Å². The number of hydrogen-bond acceptors (Lipinski definition) is 6. The fraction of sp³-hybridized carbons (Fsp3) is 0.238. The highest BCUT2D eigenvalue weighted by Gasteiger charge is 2.36. The Kier molecular flexibility index (Phi) is 6.04. The molecule has 29 heavy (non-hydrogen) atoms. The Morgan fingerprint density at radius 1 is 1.03 bits per heavy atom. The number of imide groups is 1. The van der Waals surface area contributed by atoms with Gasteiger partial charge >= 0.3 is 5.97 Å². The molecule has 1 heterocycles. The molecule has 2 N–H and O–H groups in total. The quantitative estimate of drug-likeness (QED) is 0.412. The van der Waals surface area contributed by atoms with Gasteiger partial charge in [0.1, 0.15) is 0 Å². The molecule has 1 aliphatic heterocycles. The van der Waals surface area contributed by atoms with Crippen molar-refractivity contribution in [3.63, 3.8) is 0 Å². The minimum atomic E-state index is -1.26. The molecule has 0 fully saturated rings. The summed E-state index contributed by atoms with van der Waals surface area (Å²) in [6.07, 6.45) is -0.756. The van der Waals surface area contributed by atoms with Crippen molar-refractivity contribution in [2.75, 3.05) is 20.3 Å². The highest BCUT2D eigenvalue weighted by molar-refractivity contribution is 6.22. The fourth-order valence-corrected chi connectivity index (χ4v) is 3.08. The lowest BCUT2D eigenvalue weighted by atomic mass is 10.1. The van der Waals surface area contributed by atoms with Gasteiger partial charge in [-0.25, -0.2) is 4.79 Å². The number of carbonyl (C=O) groups is 4. The van der Waals surface area contributed by atoms with E-state index in [-0.39, 0.29) is 23.2 Å². The van der Waals surface area contributed by atoms with Crippen LogP contribution in [-0.4, -0.2) is 48.9 Å². The van der Waals surface area contributed by atoms with E-state index in [1.165, 1.54) is 25.3 Å². The van der Waals surface area contributed by atoms with Crippen molar-refractivity contribution in [1.82, 2.24) is 4.90 Å². The third-order valence-corrected chi connectivity index (χ3v) is 4.52. The Hall–Kier alpha value is -3.52. The lowest BCUT2D eigenvalue weighted by molar-refractivity contribution is -0.127. The average Bonchev–Trinajstić information content (AvgIpc) is 2.96. The van der Waals surface area contributed by atoms with E-state index < -0.39 is 29.8 Å². The van der Waals surface area contributed by atoms with Gasteiger partial charge in [-0.05, 0) is 24.6 Å². The number of fused-ring (bicyclic) bond motifs is 1. The molecule has 0 bridgehead atoms. The van der Waals surface area contributed by atoms with Crippen LogP contribution in [0.3, 0.4) is 0 Å². The van der Waals surface area contributed by atoms with Crippen molar-refractivity contribution >= 4 is 23.7 Å². The van der Waals surface area contributed by atoms with Gasteiger partial charge in [0.25, 0.3) is 17.7 Å². The number of esters is 1. The molecule has 0 radical (unpaired) electrons. The maximum atomic E-state index is 12.6. The number of carbonyl (C=O) groups excluding carboxylic acids is 4. The lowest BCUT2D eigenvalue weighted by Gasteiger charge is -2.15. The van der Waals surface area contributed by atoms with E-state index in [4.69, 9.17) is 15.2 Å². The van der Waals surface area contributed by atoms with Gasteiger partial charge in [0.05, 0.1) is 16.7 Å². The molecular weight excluding hydrogens is 376 g/mol. The Labute approximate surface area is 167 Å².